The molecule has 0 heterocycles. The zero-order valence-corrected chi connectivity index (χ0v) is 8.41. The Morgan fingerprint density at radius 2 is 2.21 bits per heavy atom. The number of ether oxygens (including phenoxy) is 1. The molecular weight excluding hydrogens is 180 g/mol. The first kappa shape index (κ1) is 10.6. The summed E-state index contributed by atoms with van der Waals surface area (Å²) in [6.07, 6.45) is 0.910. The van der Waals surface area contributed by atoms with Crippen LogP contribution >= 0.6 is 0 Å². The van der Waals surface area contributed by atoms with Crippen molar-refractivity contribution in [3.05, 3.63) is 29.3 Å². The van der Waals surface area contributed by atoms with Crippen molar-refractivity contribution in [2.45, 2.75) is 19.8 Å². The largest absolute Gasteiger partial charge is 0.496 e. The fourth-order valence-corrected chi connectivity index (χ4v) is 1.39. The topological polar surface area (TPSA) is 46.5 Å². The van der Waals surface area contributed by atoms with Crippen molar-refractivity contribution in [2.24, 2.45) is 0 Å². The Labute approximate surface area is 83.3 Å². The average molecular weight is 194 g/mol. The van der Waals surface area contributed by atoms with Gasteiger partial charge in [0.25, 0.3) is 0 Å². The lowest BCUT2D eigenvalue weighted by atomic mass is 10.1. The maximum Gasteiger partial charge on any atom is 0.307 e. The average Bonchev–Trinajstić information content (AvgIpc) is 2.16. The molecule has 0 fully saturated rings. The quantitative estimate of drug-likeness (QED) is 0.796. The van der Waals surface area contributed by atoms with E-state index in [1.807, 2.05) is 19.1 Å². The van der Waals surface area contributed by atoms with Gasteiger partial charge in [0.05, 0.1) is 13.5 Å². The minimum absolute atomic E-state index is 0.0665. The van der Waals surface area contributed by atoms with E-state index in [0.717, 1.165) is 23.3 Å². The smallest absolute Gasteiger partial charge is 0.307 e. The van der Waals surface area contributed by atoms with E-state index in [-0.39, 0.29) is 6.42 Å². The summed E-state index contributed by atoms with van der Waals surface area (Å²) in [6.45, 7) is 2.02. The number of carbonyl (C=O) groups is 1. The second-order valence-corrected chi connectivity index (χ2v) is 3.07. The molecule has 0 bridgehead atoms. The summed E-state index contributed by atoms with van der Waals surface area (Å²) < 4.78 is 5.15. The summed E-state index contributed by atoms with van der Waals surface area (Å²) in [7, 11) is 1.62. The van der Waals surface area contributed by atoms with Gasteiger partial charge in [-0.05, 0) is 23.6 Å². The third-order valence-electron chi connectivity index (χ3n) is 2.08. The number of hydrogen-bond acceptors (Lipinski definition) is 2. The summed E-state index contributed by atoms with van der Waals surface area (Å²) in [5.74, 6) is 0.0128. The van der Waals surface area contributed by atoms with Gasteiger partial charge in [0.1, 0.15) is 5.75 Å². The minimum Gasteiger partial charge on any atom is -0.496 e. The van der Waals surface area contributed by atoms with Gasteiger partial charge in [-0.15, -0.1) is 0 Å². The molecule has 0 aromatic heterocycles. The van der Waals surface area contributed by atoms with Crippen molar-refractivity contribution in [3.63, 3.8) is 0 Å². The first-order chi connectivity index (χ1) is 6.67. The van der Waals surface area contributed by atoms with Gasteiger partial charge < -0.3 is 9.84 Å². The third-order valence-corrected chi connectivity index (χ3v) is 2.08. The standard InChI is InChI=1S/C11H14O3/c1-3-9-6-8(7-11(12)13)4-5-10(9)14-2/h4-6H,3,7H2,1-2H3,(H,12,13). The van der Waals surface area contributed by atoms with E-state index in [0.29, 0.717) is 0 Å². The molecule has 0 unspecified atom stereocenters. The normalized spacial score (nSPS) is 9.86. The highest BCUT2D eigenvalue weighted by Crippen LogP contribution is 2.20. The van der Waals surface area contributed by atoms with Crippen LogP contribution in [0.3, 0.4) is 0 Å². The molecule has 1 N–H and O–H groups in total. The summed E-state index contributed by atoms with van der Waals surface area (Å²) >= 11 is 0. The second-order valence-electron chi connectivity index (χ2n) is 3.07. The number of rotatable bonds is 4. The van der Waals surface area contributed by atoms with Crippen molar-refractivity contribution >= 4 is 5.97 Å². The van der Waals surface area contributed by atoms with Crippen molar-refractivity contribution < 1.29 is 14.6 Å². The van der Waals surface area contributed by atoms with E-state index in [4.69, 9.17) is 9.84 Å². The molecule has 0 spiro atoms. The van der Waals surface area contributed by atoms with Gasteiger partial charge in [-0.1, -0.05) is 19.1 Å². The zero-order valence-electron chi connectivity index (χ0n) is 8.41. The van der Waals surface area contributed by atoms with Crippen LogP contribution in [0.15, 0.2) is 18.2 Å². The van der Waals surface area contributed by atoms with E-state index in [1.54, 1.807) is 13.2 Å². The van der Waals surface area contributed by atoms with Gasteiger partial charge in [0, 0.05) is 0 Å². The summed E-state index contributed by atoms with van der Waals surface area (Å²) in [5, 5.41) is 8.63. The second kappa shape index (κ2) is 4.65. The SMILES string of the molecule is CCc1cc(CC(=O)O)ccc1OC. The van der Waals surface area contributed by atoms with Crippen molar-refractivity contribution in [3.8, 4) is 5.75 Å². The van der Waals surface area contributed by atoms with Crippen LogP contribution < -0.4 is 4.74 Å². The molecule has 3 nitrogen and oxygen atoms in total. The Morgan fingerprint density at radius 1 is 1.50 bits per heavy atom. The van der Waals surface area contributed by atoms with Crippen LogP contribution in [0, 0.1) is 0 Å². The fraction of sp³-hybridized carbons (Fsp3) is 0.364. The Morgan fingerprint density at radius 3 is 2.71 bits per heavy atom. The Balaban J connectivity index is 2.95. The van der Waals surface area contributed by atoms with E-state index < -0.39 is 5.97 Å². The lowest BCUT2D eigenvalue weighted by Crippen LogP contribution is -2.01. The van der Waals surface area contributed by atoms with Crippen LogP contribution in [0.4, 0.5) is 0 Å². The molecule has 0 atom stereocenters. The maximum absolute atomic E-state index is 10.5. The number of hydrogen-bond donors (Lipinski definition) is 1. The van der Waals surface area contributed by atoms with Gasteiger partial charge in [-0.3, -0.25) is 4.79 Å². The molecule has 1 rings (SSSR count). The highest BCUT2D eigenvalue weighted by molar-refractivity contribution is 5.70. The van der Waals surface area contributed by atoms with Gasteiger partial charge >= 0.3 is 5.97 Å². The number of carboxylic acids is 1. The van der Waals surface area contributed by atoms with Gasteiger partial charge in [0.15, 0.2) is 0 Å². The maximum atomic E-state index is 10.5. The predicted octanol–water partition coefficient (Wildman–Crippen LogP) is 1.88. The van der Waals surface area contributed by atoms with Crippen LogP contribution in [-0.4, -0.2) is 18.2 Å². The molecule has 0 aliphatic heterocycles. The van der Waals surface area contributed by atoms with Crippen LogP contribution in [0.1, 0.15) is 18.1 Å². The van der Waals surface area contributed by atoms with Crippen LogP contribution in [0.25, 0.3) is 0 Å². The number of aliphatic carboxylic acids is 1. The summed E-state index contributed by atoms with van der Waals surface area (Å²) in [6, 6.07) is 5.48. The van der Waals surface area contributed by atoms with Gasteiger partial charge in [-0.25, -0.2) is 0 Å². The molecule has 0 aliphatic rings. The Bertz CT molecular complexity index is 331. The number of methoxy groups -OCH3 is 1. The molecule has 0 aliphatic carbocycles. The molecule has 0 saturated heterocycles. The number of benzene rings is 1. The van der Waals surface area contributed by atoms with Crippen molar-refractivity contribution in [1.82, 2.24) is 0 Å². The van der Waals surface area contributed by atoms with E-state index >= 15 is 0 Å². The first-order valence-electron chi connectivity index (χ1n) is 4.55. The molecule has 14 heavy (non-hydrogen) atoms. The molecule has 0 amide bonds. The lowest BCUT2D eigenvalue weighted by Gasteiger charge is -2.07. The number of carboxylic acid groups (broad SMARTS) is 1. The molecule has 0 saturated carbocycles. The van der Waals surface area contributed by atoms with Crippen molar-refractivity contribution in [1.29, 1.82) is 0 Å². The molecule has 1 aromatic rings. The van der Waals surface area contributed by atoms with E-state index in [9.17, 15) is 4.79 Å². The molecule has 0 radical (unpaired) electrons. The minimum atomic E-state index is -0.808. The highest BCUT2D eigenvalue weighted by Gasteiger charge is 2.05. The van der Waals surface area contributed by atoms with E-state index in [2.05, 4.69) is 0 Å². The summed E-state index contributed by atoms with van der Waals surface area (Å²) in [5.41, 5.74) is 1.86. The van der Waals surface area contributed by atoms with Gasteiger partial charge in [0.2, 0.25) is 0 Å². The van der Waals surface area contributed by atoms with Crippen molar-refractivity contribution in [2.75, 3.05) is 7.11 Å². The predicted molar refractivity (Wildman–Crippen MR) is 53.7 cm³/mol. The van der Waals surface area contributed by atoms with Crippen LogP contribution in [0.5, 0.6) is 5.75 Å². The molecule has 3 heteroatoms. The van der Waals surface area contributed by atoms with Crippen LogP contribution in [0.2, 0.25) is 0 Å². The van der Waals surface area contributed by atoms with Gasteiger partial charge in [-0.2, -0.15) is 0 Å². The molecule has 1 aromatic carbocycles. The fourth-order valence-electron chi connectivity index (χ4n) is 1.39. The lowest BCUT2D eigenvalue weighted by molar-refractivity contribution is -0.136. The Kier molecular flexibility index (Phi) is 3.51. The van der Waals surface area contributed by atoms with E-state index in [1.165, 1.54) is 0 Å². The molecular formula is C11H14O3. The monoisotopic (exact) mass is 194 g/mol. The molecule has 76 valence electrons. The Hall–Kier alpha value is -1.51. The van der Waals surface area contributed by atoms with Crippen LogP contribution in [-0.2, 0) is 17.6 Å². The first-order valence-corrected chi connectivity index (χ1v) is 4.55. The number of aryl methyl sites for hydroxylation is 1. The third kappa shape index (κ3) is 2.49. The summed E-state index contributed by atoms with van der Waals surface area (Å²) in [4.78, 5) is 10.5. The zero-order chi connectivity index (χ0) is 10.6. The highest BCUT2D eigenvalue weighted by atomic mass is 16.5.